The van der Waals surface area contributed by atoms with E-state index in [1.807, 2.05) is 36.4 Å². The highest BCUT2D eigenvalue weighted by Crippen LogP contribution is 2.30. The summed E-state index contributed by atoms with van der Waals surface area (Å²) in [6, 6.07) is 16.4. The second-order valence-electron chi connectivity index (χ2n) is 7.54. The van der Waals surface area contributed by atoms with E-state index in [2.05, 4.69) is 15.2 Å². The molecular formula is C23H24FN3O2. The van der Waals surface area contributed by atoms with E-state index < -0.39 is 0 Å². The molecule has 6 heteroatoms. The highest BCUT2D eigenvalue weighted by Gasteiger charge is 2.25. The summed E-state index contributed by atoms with van der Waals surface area (Å²) in [6.45, 7) is 2.45. The minimum absolute atomic E-state index is 0.234. The summed E-state index contributed by atoms with van der Waals surface area (Å²) in [6.07, 6.45) is 3.84. The lowest BCUT2D eigenvalue weighted by Gasteiger charge is -2.20. The van der Waals surface area contributed by atoms with Gasteiger partial charge in [-0.3, -0.25) is 9.69 Å². The Bertz CT molecular complexity index is 954. The molecule has 3 aromatic rings. The molecule has 150 valence electrons. The van der Waals surface area contributed by atoms with Gasteiger partial charge in [0, 0.05) is 19.6 Å². The fourth-order valence-electron chi connectivity index (χ4n) is 3.29. The summed E-state index contributed by atoms with van der Waals surface area (Å²) < 4.78 is 19.1. The van der Waals surface area contributed by atoms with E-state index >= 15 is 0 Å². The van der Waals surface area contributed by atoms with Crippen molar-refractivity contribution in [2.45, 2.75) is 32.5 Å². The average Bonchev–Trinajstić information content (AvgIpc) is 3.41. The van der Waals surface area contributed by atoms with Gasteiger partial charge in [0.25, 0.3) is 5.91 Å². The van der Waals surface area contributed by atoms with Gasteiger partial charge >= 0.3 is 0 Å². The zero-order valence-corrected chi connectivity index (χ0v) is 16.2. The summed E-state index contributed by atoms with van der Waals surface area (Å²) in [4.78, 5) is 18.9. The number of hydrogen-bond acceptors (Lipinski definition) is 4. The summed E-state index contributed by atoms with van der Waals surface area (Å²) in [7, 11) is 0. The second-order valence-corrected chi connectivity index (χ2v) is 7.54. The molecule has 1 fully saturated rings. The van der Waals surface area contributed by atoms with Crippen molar-refractivity contribution in [3.05, 3.63) is 89.4 Å². The summed E-state index contributed by atoms with van der Waals surface area (Å²) >= 11 is 0. The van der Waals surface area contributed by atoms with Gasteiger partial charge in [-0.15, -0.1) is 0 Å². The topological polar surface area (TPSA) is 58.4 Å². The van der Waals surface area contributed by atoms with E-state index in [-0.39, 0.29) is 17.4 Å². The molecule has 0 aliphatic heterocycles. The van der Waals surface area contributed by atoms with Crippen LogP contribution in [0.15, 0.2) is 65.3 Å². The highest BCUT2D eigenvalue weighted by atomic mass is 19.1. The zero-order chi connectivity index (χ0) is 20.1. The summed E-state index contributed by atoms with van der Waals surface area (Å²) in [5, 5.41) is 2.85. The number of benzene rings is 2. The number of aromatic nitrogens is 1. The van der Waals surface area contributed by atoms with Crippen molar-refractivity contribution in [2.75, 3.05) is 6.54 Å². The minimum atomic E-state index is -0.261. The SMILES string of the molecule is O=C(NCc1ccccc1)c1coc(CN(Cc2cccc(F)c2)CC2CC2)n1. The summed E-state index contributed by atoms with van der Waals surface area (Å²) in [5.74, 6) is 0.671. The molecular weight excluding hydrogens is 369 g/mol. The standard InChI is InChI=1S/C23H24FN3O2/c24-20-8-4-7-19(11-20)14-27(13-18-9-10-18)15-22-26-21(16-29-22)23(28)25-12-17-5-2-1-3-6-17/h1-8,11,16,18H,9-10,12-15H2,(H,25,28). The van der Waals surface area contributed by atoms with Crippen molar-refractivity contribution in [3.8, 4) is 0 Å². The highest BCUT2D eigenvalue weighted by molar-refractivity contribution is 5.91. The van der Waals surface area contributed by atoms with Crippen molar-refractivity contribution in [1.82, 2.24) is 15.2 Å². The lowest BCUT2D eigenvalue weighted by atomic mass is 10.2. The van der Waals surface area contributed by atoms with Gasteiger partial charge < -0.3 is 9.73 Å². The Balaban J connectivity index is 1.36. The van der Waals surface area contributed by atoms with Crippen LogP contribution in [0.5, 0.6) is 0 Å². The molecule has 1 aliphatic rings. The summed E-state index contributed by atoms with van der Waals surface area (Å²) in [5.41, 5.74) is 2.21. The van der Waals surface area contributed by atoms with Crippen LogP contribution in [0.3, 0.4) is 0 Å². The predicted molar refractivity (Wildman–Crippen MR) is 107 cm³/mol. The van der Waals surface area contributed by atoms with Crippen LogP contribution in [0.25, 0.3) is 0 Å². The zero-order valence-electron chi connectivity index (χ0n) is 16.2. The van der Waals surface area contributed by atoms with Gasteiger partial charge in [-0.05, 0) is 42.0 Å². The lowest BCUT2D eigenvalue weighted by molar-refractivity contribution is 0.0945. The first-order chi connectivity index (χ1) is 14.2. The molecule has 1 aliphatic carbocycles. The average molecular weight is 393 g/mol. The maximum Gasteiger partial charge on any atom is 0.273 e. The van der Waals surface area contributed by atoms with Gasteiger partial charge in [-0.1, -0.05) is 42.5 Å². The van der Waals surface area contributed by atoms with Crippen molar-refractivity contribution in [3.63, 3.8) is 0 Å². The normalized spacial score (nSPS) is 13.6. The predicted octanol–water partition coefficient (Wildman–Crippen LogP) is 4.16. The van der Waals surface area contributed by atoms with E-state index in [4.69, 9.17) is 4.42 Å². The fourth-order valence-corrected chi connectivity index (χ4v) is 3.29. The van der Waals surface area contributed by atoms with Crippen molar-refractivity contribution >= 4 is 5.91 Å². The Hall–Kier alpha value is -2.99. The van der Waals surface area contributed by atoms with Gasteiger partial charge in [0.15, 0.2) is 5.69 Å². The van der Waals surface area contributed by atoms with Crippen LogP contribution in [-0.4, -0.2) is 22.3 Å². The number of oxazole rings is 1. The molecule has 5 nitrogen and oxygen atoms in total. The van der Waals surface area contributed by atoms with Gasteiger partial charge in [0.2, 0.25) is 5.89 Å². The van der Waals surface area contributed by atoms with Crippen LogP contribution < -0.4 is 5.32 Å². The maximum atomic E-state index is 13.5. The molecule has 0 bridgehead atoms. The van der Waals surface area contributed by atoms with E-state index in [0.29, 0.717) is 31.4 Å². The largest absolute Gasteiger partial charge is 0.447 e. The Labute approximate surface area is 169 Å². The molecule has 0 unspecified atom stereocenters. The number of hydrogen-bond donors (Lipinski definition) is 1. The van der Waals surface area contributed by atoms with E-state index in [1.54, 1.807) is 12.1 Å². The molecule has 1 saturated carbocycles. The molecule has 1 aromatic heterocycles. The Morgan fingerprint density at radius 1 is 1.10 bits per heavy atom. The Morgan fingerprint density at radius 2 is 1.90 bits per heavy atom. The Kier molecular flexibility index (Phi) is 6.00. The van der Waals surface area contributed by atoms with Crippen molar-refractivity contribution < 1.29 is 13.6 Å². The third kappa shape index (κ3) is 5.74. The molecule has 29 heavy (non-hydrogen) atoms. The number of carbonyl (C=O) groups excluding carboxylic acids is 1. The van der Waals surface area contributed by atoms with Gasteiger partial charge in [0.1, 0.15) is 12.1 Å². The van der Waals surface area contributed by atoms with Gasteiger partial charge in [0.05, 0.1) is 6.54 Å². The molecule has 2 aromatic carbocycles. The molecule has 1 amide bonds. The first-order valence-electron chi connectivity index (χ1n) is 9.89. The van der Waals surface area contributed by atoms with Crippen LogP contribution in [0.1, 0.15) is 40.3 Å². The molecule has 0 spiro atoms. The number of nitrogens with zero attached hydrogens (tertiary/aromatic N) is 2. The molecule has 0 saturated heterocycles. The van der Waals surface area contributed by atoms with Crippen molar-refractivity contribution in [2.24, 2.45) is 5.92 Å². The smallest absolute Gasteiger partial charge is 0.273 e. The number of amides is 1. The van der Waals surface area contributed by atoms with Crippen LogP contribution in [0.2, 0.25) is 0 Å². The van der Waals surface area contributed by atoms with E-state index in [0.717, 1.165) is 17.7 Å². The quantitative estimate of drug-likeness (QED) is 0.593. The van der Waals surface area contributed by atoms with Crippen LogP contribution in [0.4, 0.5) is 4.39 Å². The molecule has 0 radical (unpaired) electrons. The number of rotatable bonds is 9. The number of nitrogens with one attached hydrogen (secondary N) is 1. The third-order valence-corrected chi connectivity index (χ3v) is 4.95. The molecule has 1 heterocycles. The van der Waals surface area contributed by atoms with Gasteiger partial charge in [-0.25, -0.2) is 9.37 Å². The lowest BCUT2D eigenvalue weighted by Crippen LogP contribution is -2.26. The van der Waals surface area contributed by atoms with Gasteiger partial charge in [-0.2, -0.15) is 0 Å². The molecule has 1 N–H and O–H groups in total. The number of halogens is 1. The second kappa shape index (κ2) is 9.01. The van der Waals surface area contributed by atoms with Crippen LogP contribution in [-0.2, 0) is 19.6 Å². The van der Waals surface area contributed by atoms with E-state index in [9.17, 15) is 9.18 Å². The molecule has 4 rings (SSSR count). The Morgan fingerprint density at radius 3 is 2.66 bits per heavy atom. The van der Waals surface area contributed by atoms with E-state index in [1.165, 1.54) is 25.2 Å². The first-order valence-corrected chi connectivity index (χ1v) is 9.89. The first kappa shape index (κ1) is 19.3. The third-order valence-electron chi connectivity index (χ3n) is 4.95. The monoisotopic (exact) mass is 393 g/mol. The van der Waals surface area contributed by atoms with Crippen LogP contribution in [0, 0.1) is 11.7 Å². The van der Waals surface area contributed by atoms with Crippen molar-refractivity contribution in [1.29, 1.82) is 0 Å². The minimum Gasteiger partial charge on any atom is -0.447 e. The fraction of sp³-hybridized carbons (Fsp3) is 0.304. The number of carbonyl (C=O) groups is 1. The maximum absolute atomic E-state index is 13.5. The molecule has 0 atom stereocenters. The van der Waals surface area contributed by atoms with Crippen LogP contribution >= 0.6 is 0 Å².